The van der Waals surface area contributed by atoms with E-state index in [1.54, 1.807) is 0 Å². The molecule has 0 fully saturated rings. The van der Waals surface area contributed by atoms with Crippen LogP contribution in [-0.4, -0.2) is 0 Å². The van der Waals surface area contributed by atoms with E-state index < -0.39 is 0 Å². The normalized spacial score (nSPS) is 33.5. The van der Waals surface area contributed by atoms with Gasteiger partial charge in [0.2, 0.25) is 0 Å². The molecule has 0 heteroatoms. The van der Waals surface area contributed by atoms with Gasteiger partial charge < -0.3 is 0 Å². The summed E-state index contributed by atoms with van der Waals surface area (Å²) in [5.41, 5.74) is 3.16. The van der Waals surface area contributed by atoms with Crippen molar-refractivity contribution in [2.24, 2.45) is 11.8 Å². The first kappa shape index (κ1) is 6.69. The second-order valence-corrected chi connectivity index (χ2v) is 3.15. The van der Waals surface area contributed by atoms with Crippen molar-refractivity contribution >= 4 is 0 Å². The minimum atomic E-state index is 0.719. The number of rotatable bonds is 1. The van der Waals surface area contributed by atoms with E-state index in [2.05, 4.69) is 42.2 Å². The Morgan fingerprint density at radius 2 is 2.09 bits per heavy atom. The molecule has 2 atom stereocenters. The summed E-state index contributed by atoms with van der Waals surface area (Å²) in [7, 11) is 0. The monoisotopic (exact) mass is 144 g/mol. The van der Waals surface area contributed by atoms with Gasteiger partial charge in [0.1, 0.15) is 0 Å². The smallest absolute Gasteiger partial charge is 0.00509 e. The molecule has 0 N–H and O–H groups in total. The van der Waals surface area contributed by atoms with Gasteiger partial charge in [-0.25, -0.2) is 0 Å². The van der Waals surface area contributed by atoms with E-state index in [1.165, 1.54) is 12.8 Å². The maximum atomic E-state index is 3.16. The fourth-order valence-corrected chi connectivity index (χ4v) is 1.68. The lowest BCUT2D eigenvalue weighted by Gasteiger charge is -2.17. The summed E-state index contributed by atoms with van der Waals surface area (Å²) >= 11 is 0. The van der Waals surface area contributed by atoms with Gasteiger partial charge in [-0.1, -0.05) is 24.3 Å². The molecule has 0 radical (unpaired) electrons. The van der Waals surface area contributed by atoms with E-state index in [0.717, 1.165) is 11.8 Å². The molecule has 0 heterocycles. The van der Waals surface area contributed by atoms with Crippen LogP contribution in [0.3, 0.4) is 0 Å². The van der Waals surface area contributed by atoms with Crippen molar-refractivity contribution in [3.63, 3.8) is 0 Å². The zero-order chi connectivity index (χ0) is 7.52. The Labute approximate surface area is 67.6 Å². The molecule has 0 amide bonds. The highest BCUT2D eigenvalue weighted by atomic mass is 14.2. The quantitative estimate of drug-likeness (QED) is 0.496. The van der Waals surface area contributed by atoms with Crippen LogP contribution in [0.1, 0.15) is 12.8 Å². The van der Waals surface area contributed by atoms with Crippen molar-refractivity contribution in [2.45, 2.75) is 12.8 Å². The second-order valence-electron chi connectivity index (χ2n) is 3.15. The summed E-state index contributed by atoms with van der Waals surface area (Å²) in [6.07, 6.45) is 15.6. The molecule has 0 saturated carbocycles. The third-order valence-corrected chi connectivity index (χ3v) is 2.38. The number of hydrogen-bond donors (Lipinski definition) is 0. The van der Waals surface area contributed by atoms with Gasteiger partial charge in [0.05, 0.1) is 0 Å². The molecule has 0 nitrogen and oxygen atoms in total. The highest BCUT2D eigenvalue weighted by Crippen LogP contribution is 2.27. The summed E-state index contributed by atoms with van der Waals surface area (Å²) in [6.45, 7) is 0. The fourth-order valence-electron chi connectivity index (χ4n) is 1.68. The van der Waals surface area contributed by atoms with Crippen molar-refractivity contribution in [3.05, 3.63) is 42.2 Å². The minimum absolute atomic E-state index is 0.719. The van der Waals surface area contributed by atoms with E-state index >= 15 is 0 Å². The summed E-state index contributed by atoms with van der Waals surface area (Å²) in [5, 5.41) is 0. The Morgan fingerprint density at radius 1 is 1.09 bits per heavy atom. The number of allylic oxidation sites excluding steroid dienone is 5. The first-order valence-corrected chi connectivity index (χ1v) is 4.21. The minimum Gasteiger partial charge on any atom is -0.129 e. The van der Waals surface area contributed by atoms with Gasteiger partial charge in [0.15, 0.2) is 0 Å². The molecule has 56 valence electrons. The molecular weight excluding hydrogens is 132 g/mol. The lowest BCUT2D eigenvalue weighted by Crippen LogP contribution is -2.08. The average molecular weight is 144 g/mol. The van der Waals surface area contributed by atoms with Gasteiger partial charge in [-0.05, 0) is 36.8 Å². The molecule has 0 spiro atoms. The first-order valence-electron chi connectivity index (χ1n) is 4.21. The van der Waals surface area contributed by atoms with Crippen LogP contribution in [-0.2, 0) is 0 Å². The first-order chi connectivity index (χ1) is 5.47. The van der Waals surface area contributed by atoms with Crippen LogP contribution in [0.15, 0.2) is 42.2 Å². The molecule has 0 aromatic rings. The predicted octanol–water partition coefficient (Wildman–Crippen LogP) is 2.85. The summed E-state index contributed by atoms with van der Waals surface area (Å²) in [5.74, 6) is 1.45. The van der Waals surface area contributed by atoms with E-state index in [0.29, 0.717) is 0 Å². The van der Waals surface area contributed by atoms with Gasteiger partial charge in [-0.2, -0.15) is 0 Å². The van der Waals surface area contributed by atoms with E-state index in [9.17, 15) is 0 Å². The zero-order valence-corrected chi connectivity index (χ0v) is 6.53. The molecule has 0 aliphatic heterocycles. The summed E-state index contributed by atoms with van der Waals surface area (Å²) in [4.78, 5) is 0. The van der Waals surface area contributed by atoms with E-state index in [1.807, 2.05) is 0 Å². The molecular formula is C11H12. The standard InChI is InChI=1S/C11H12/c1-2-6-10(7-3-1)11-8-4-5-9-11/h1-4,6,9-11H,7-8H2/t10-,11?/m1/s1. The topological polar surface area (TPSA) is 0 Å². The van der Waals surface area contributed by atoms with E-state index in [4.69, 9.17) is 0 Å². The predicted molar refractivity (Wildman–Crippen MR) is 47.1 cm³/mol. The number of hydrogen-bond acceptors (Lipinski definition) is 0. The van der Waals surface area contributed by atoms with Crippen LogP contribution in [0.2, 0.25) is 0 Å². The second kappa shape index (κ2) is 2.94. The fraction of sp³-hybridized carbons (Fsp3) is 0.364. The maximum absolute atomic E-state index is 3.16. The Balaban J connectivity index is 2.01. The van der Waals surface area contributed by atoms with Gasteiger partial charge in [0.25, 0.3) is 0 Å². The van der Waals surface area contributed by atoms with Crippen molar-refractivity contribution in [1.29, 1.82) is 0 Å². The van der Waals surface area contributed by atoms with Crippen molar-refractivity contribution < 1.29 is 0 Å². The molecule has 0 saturated heterocycles. The van der Waals surface area contributed by atoms with Gasteiger partial charge in [-0.15, -0.1) is 5.73 Å². The Morgan fingerprint density at radius 3 is 2.73 bits per heavy atom. The SMILES string of the molecule is C1=CCC([C@@H]2C=CC=CC2)C=1. The van der Waals surface area contributed by atoms with E-state index in [-0.39, 0.29) is 0 Å². The van der Waals surface area contributed by atoms with Gasteiger partial charge in [0, 0.05) is 0 Å². The molecule has 2 rings (SSSR count). The summed E-state index contributed by atoms with van der Waals surface area (Å²) in [6, 6.07) is 0. The highest BCUT2D eigenvalue weighted by Gasteiger charge is 2.16. The Kier molecular flexibility index (Phi) is 1.79. The molecule has 1 unspecified atom stereocenters. The Hall–Kier alpha value is -1.00. The zero-order valence-electron chi connectivity index (χ0n) is 6.53. The average Bonchev–Trinajstić information content (AvgIpc) is 2.58. The largest absolute Gasteiger partial charge is 0.129 e. The van der Waals surface area contributed by atoms with Crippen LogP contribution >= 0.6 is 0 Å². The lowest BCUT2D eigenvalue weighted by atomic mass is 9.86. The van der Waals surface area contributed by atoms with Crippen LogP contribution in [0.4, 0.5) is 0 Å². The van der Waals surface area contributed by atoms with Crippen molar-refractivity contribution in [2.75, 3.05) is 0 Å². The highest BCUT2D eigenvalue weighted by molar-refractivity contribution is 5.15. The van der Waals surface area contributed by atoms with Crippen LogP contribution < -0.4 is 0 Å². The van der Waals surface area contributed by atoms with Crippen molar-refractivity contribution in [1.82, 2.24) is 0 Å². The third-order valence-electron chi connectivity index (χ3n) is 2.38. The Bertz CT molecular complexity index is 249. The molecule has 0 aromatic heterocycles. The third kappa shape index (κ3) is 1.36. The molecule has 2 aliphatic rings. The van der Waals surface area contributed by atoms with Crippen LogP contribution in [0, 0.1) is 11.8 Å². The van der Waals surface area contributed by atoms with Gasteiger partial charge >= 0.3 is 0 Å². The molecule has 11 heavy (non-hydrogen) atoms. The maximum Gasteiger partial charge on any atom is -0.00509 e. The van der Waals surface area contributed by atoms with Crippen LogP contribution in [0.5, 0.6) is 0 Å². The molecule has 0 aromatic carbocycles. The van der Waals surface area contributed by atoms with Crippen LogP contribution in [0.25, 0.3) is 0 Å². The molecule has 0 bridgehead atoms. The van der Waals surface area contributed by atoms with Crippen molar-refractivity contribution in [3.8, 4) is 0 Å². The summed E-state index contributed by atoms with van der Waals surface area (Å²) < 4.78 is 0. The van der Waals surface area contributed by atoms with Gasteiger partial charge in [-0.3, -0.25) is 0 Å². The lowest BCUT2D eigenvalue weighted by molar-refractivity contribution is 0.489. The molecule has 2 aliphatic carbocycles.